The van der Waals surface area contributed by atoms with Gasteiger partial charge in [-0.1, -0.05) is 19.8 Å². The SMILES string of the molecule is CCCCC(N)C(=O)N1CCCC[C@@H]1C(=O)O. The molecule has 0 aromatic carbocycles. The molecule has 1 rings (SSSR count). The second-order valence-electron chi connectivity index (χ2n) is 4.63. The van der Waals surface area contributed by atoms with E-state index in [4.69, 9.17) is 10.8 Å². The van der Waals surface area contributed by atoms with Gasteiger partial charge in [-0.3, -0.25) is 4.79 Å². The van der Waals surface area contributed by atoms with Gasteiger partial charge in [0.25, 0.3) is 0 Å². The molecule has 2 atom stereocenters. The van der Waals surface area contributed by atoms with Crippen LogP contribution in [0.5, 0.6) is 0 Å². The second kappa shape index (κ2) is 6.59. The number of likely N-dealkylation sites (tertiary alicyclic amines) is 1. The fraction of sp³-hybridized carbons (Fsp3) is 0.833. The number of piperidine rings is 1. The number of carbonyl (C=O) groups is 2. The molecule has 0 saturated carbocycles. The fourth-order valence-electron chi connectivity index (χ4n) is 2.21. The Hall–Kier alpha value is -1.10. The van der Waals surface area contributed by atoms with Crippen LogP contribution in [0.15, 0.2) is 0 Å². The molecule has 1 unspecified atom stereocenters. The van der Waals surface area contributed by atoms with Crippen molar-refractivity contribution in [3.63, 3.8) is 0 Å². The summed E-state index contributed by atoms with van der Waals surface area (Å²) >= 11 is 0. The number of aliphatic carboxylic acids is 1. The molecule has 0 aliphatic carbocycles. The summed E-state index contributed by atoms with van der Waals surface area (Å²) in [5, 5.41) is 9.08. The molecule has 1 saturated heterocycles. The summed E-state index contributed by atoms with van der Waals surface area (Å²) in [6, 6.07) is -1.22. The Morgan fingerprint density at radius 1 is 1.47 bits per heavy atom. The highest BCUT2D eigenvalue weighted by Crippen LogP contribution is 2.18. The molecular formula is C12H22N2O3. The summed E-state index contributed by atoms with van der Waals surface area (Å²) in [4.78, 5) is 24.6. The van der Waals surface area contributed by atoms with Crippen LogP contribution in [0, 0.1) is 0 Å². The Morgan fingerprint density at radius 3 is 2.76 bits per heavy atom. The van der Waals surface area contributed by atoms with E-state index < -0.39 is 18.1 Å². The van der Waals surface area contributed by atoms with Crippen LogP contribution in [0.1, 0.15) is 45.4 Å². The number of carbonyl (C=O) groups excluding carboxylic acids is 1. The highest BCUT2D eigenvalue weighted by atomic mass is 16.4. The van der Waals surface area contributed by atoms with E-state index >= 15 is 0 Å². The molecule has 1 fully saturated rings. The van der Waals surface area contributed by atoms with E-state index in [-0.39, 0.29) is 5.91 Å². The summed E-state index contributed by atoms with van der Waals surface area (Å²) < 4.78 is 0. The van der Waals surface area contributed by atoms with Crippen LogP contribution in [-0.2, 0) is 9.59 Å². The van der Waals surface area contributed by atoms with Gasteiger partial charge in [0.05, 0.1) is 6.04 Å². The van der Waals surface area contributed by atoms with Crippen molar-refractivity contribution in [2.24, 2.45) is 5.73 Å². The highest BCUT2D eigenvalue weighted by Gasteiger charge is 2.33. The lowest BCUT2D eigenvalue weighted by atomic mass is 10.00. The standard InChI is InChI=1S/C12H22N2O3/c1-2-3-6-9(13)11(15)14-8-5-4-7-10(14)12(16)17/h9-10H,2-8,13H2,1H3,(H,16,17)/t9?,10-/m1/s1. The first-order chi connectivity index (χ1) is 8.07. The van der Waals surface area contributed by atoms with Gasteiger partial charge in [0, 0.05) is 6.54 Å². The number of amides is 1. The number of unbranched alkanes of at least 4 members (excludes halogenated alkanes) is 1. The molecule has 1 heterocycles. The van der Waals surface area contributed by atoms with Gasteiger partial charge in [0.15, 0.2) is 0 Å². The minimum atomic E-state index is -0.916. The smallest absolute Gasteiger partial charge is 0.326 e. The first kappa shape index (κ1) is 14.0. The zero-order valence-corrected chi connectivity index (χ0v) is 10.4. The van der Waals surface area contributed by atoms with Crippen LogP contribution in [0.2, 0.25) is 0 Å². The van der Waals surface area contributed by atoms with Gasteiger partial charge in [-0.2, -0.15) is 0 Å². The quantitative estimate of drug-likeness (QED) is 0.752. The van der Waals surface area contributed by atoms with Crippen molar-refractivity contribution < 1.29 is 14.7 Å². The Kier molecular flexibility index (Phi) is 5.41. The van der Waals surface area contributed by atoms with Gasteiger partial charge in [-0.25, -0.2) is 4.79 Å². The summed E-state index contributed by atoms with van der Waals surface area (Å²) in [6.45, 7) is 2.56. The average Bonchev–Trinajstić information content (AvgIpc) is 2.34. The van der Waals surface area contributed by atoms with Gasteiger partial charge < -0.3 is 15.7 Å². The van der Waals surface area contributed by atoms with E-state index in [0.29, 0.717) is 19.4 Å². The van der Waals surface area contributed by atoms with Crippen molar-refractivity contribution in [2.45, 2.75) is 57.5 Å². The zero-order valence-electron chi connectivity index (χ0n) is 10.4. The van der Waals surface area contributed by atoms with Crippen LogP contribution >= 0.6 is 0 Å². The van der Waals surface area contributed by atoms with Crippen LogP contribution in [-0.4, -0.2) is 40.5 Å². The van der Waals surface area contributed by atoms with Gasteiger partial charge >= 0.3 is 5.97 Å². The summed E-state index contributed by atoms with van der Waals surface area (Å²) in [5.41, 5.74) is 5.81. The molecule has 1 aliphatic rings. The molecule has 0 aromatic rings. The van der Waals surface area contributed by atoms with Crippen molar-refractivity contribution in [2.75, 3.05) is 6.54 Å². The van der Waals surface area contributed by atoms with Crippen molar-refractivity contribution >= 4 is 11.9 Å². The van der Waals surface area contributed by atoms with Crippen LogP contribution in [0.25, 0.3) is 0 Å². The lowest BCUT2D eigenvalue weighted by Gasteiger charge is -2.34. The van der Waals surface area contributed by atoms with Crippen molar-refractivity contribution in [3.05, 3.63) is 0 Å². The monoisotopic (exact) mass is 242 g/mol. The van der Waals surface area contributed by atoms with E-state index in [9.17, 15) is 9.59 Å². The van der Waals surface area contributed by atoms with Crippen LogP contribution in [0.3, 0.4) is 0 Å². The number of rotatable bonds is 5. The molecule has 3 N–H and O–H groups in total. The van der Waals surface area contributed by atoms with E-state index in [2.05, 4.69) is 0 Å². The van der Waals surface area contributed by atoms with Gasteiger partial charge in [0.1, 0.15) is 6.04 Å². The Bertz CT molecular complexity index is 281. The van der Waals surface area contributed by atoms with E-state index in [1.807, 2.05) is 6.92 Å². The number of carboxylic acids is 1. The normalized spacial score (nSPS) is 22.2. The minimum absolute atomic E-state index is 0.203. The number of hydrogen-bond donors (Lipinski definition) is 2. The molecule has 0 spiro atoms. The maximum absolute atomic E-state index is 12.1. The third-order valence-corrected chi connectivity index (χ3v) is 3.26. The molecule has 5 nitrogen and oxygen atoms in total. The van der Waals surface area contributed by atoms with Crippen LogP contribution in [0.4, 0.5) is 0 Å². The number of carboxylic acid groups (broad SMARTS) is 1. The molecule has 98 valence electrons. The number of nitrogens with zero attached hydrogens (tertiary/aromatic N) is 1. The molecule has 5 heteroatoms. The maximum Gasteiger partial charge on any atom is 0.326 e. The van der Waals surface area contributed by atoms with E-state index in [1.165, 1.54) is 4.90 Å². The second-order valence-corrected chi connectivity index (χ2v) is 4.63. The molecule has 1 aliphatic heterocycles. The molecule has 17 heavy (non-hydrogen) atoms. The lowest BCUT2D eigenvalue weighted by Crippen LogP contribution is -2.53. The third kappa shape index (κ3) is 3.70. The number of nitrogens with two attached hydrogens (primary N) is 1. The maximum atomic E-state index is 12.1. The predicted molar refractivity (Wildman–Crippen MR) is 64.5 cm³/mol. The molecule has 0 bridgehead atoms. The van der Waals surface area contributed by atoms with E-state index in [0.717, 1.165) is 25.7 Å². The molecular weight excluding hydrogens is 220 g/mol. The Labute approximate surface area is 102 Å². The summed E-state index contributed by atoms with van der Waals surface area (Å²) in [7, 11) is 0. The minimum Gasteiger partial charge on any atom is -0.480 e. The first-order valence-electron chi connectivity index (χ1n) is 6.36. The van der Waals surface area contributed by atoms with Gasteiger partial charge in [0.2, 0.25) is 5.91 Å². The molecule has 0 radical (unpaired) electrons. The molecule has 0 aromatic heterocycles. The Balaban J connectivity index is 2.61. The van der Waals surface area contributed by atoms with Crippen molar-refractivity contribution in [3.8, 4) is 0 Å². The largest absolute Gasteiger partial charge is 0.480 e. The summed E-state index contributed by atoms with van der Waals surface area (Å²) in [6.07, 6.45) is 4.81. The first-order valence-corrected chi connectivity index (χ1v) is 6.36. The topological polar surface area (TPSA) is 83.6 Å². The van der Waals surface area contributed by atoms with Crippen molar-refractivity contribution in [1.29, 1.82) is 0 Å². The predicted octanol–water partition coefficient (Wildman–Crippen LogP) is 0.970. The third-order valence-electron chi connectivity index (χ3n) is 3.26. The van der Waals surface area contributed by atoms with Gasteiger partial charge in [-0.15, -0.1) is 0 Å². The molecule has 1 amide bonds. The van der Waals surface area contributed by atoms with E-state index in [1.54, 1.807) is 0 Å². The lowest BCUT2D eigenvalue weighted by molar-refractivity contribution is -0.152. The fourth-order valence-corrected chi connectivity index (χ4v) is 2.21. The van der Waals surface area contributed by atoms with Crippen LogP contribution < -0.4 is 5.73 Å². The average molecular weight is 242 g/mol. The number of hydrogen-bond acceptors (Lipinski definition) is 3. The van der Waals surface area contributed by atoms with Gasteiger partial charge in [-0.05, 0) is 25.7 Å². The van der Waals surface area contributed by atoms with Crippen molar-refractivity contribution in [1.82, 2.24) is 4.90 Å². The summed E-state index contributed by atoms with van der Waals surface area (Å²) in [5.74, 6) is -1.12. The highest BCUT2D eigenvalue weighted by molar-refractivity contribution is 5.87. The Morgan fingerprint density at radius 2 is 2.18 bits per heavy atom. The zero-order chi connectivity index (χ0) is 12.8.